The zero-order valence-electron chi connectivity index (χ0n) is 10.4. The van der Waals surface area contributed by atoms with Crippen LogP contribution in [-0.2, 0) is 16.0 Å². The number of nitrogens with zero attached hydrogens (tertiary/aromatic N) is 1. The molecule has 0 radical (unpaired) electrons. The third-order valence-electron chi connectivity index (χ3n) is 2.61. The van der Waals surface area contributed by atoms with E-state index in [1.165, 1.54) is 0 Å². The van der Waals surface area contributed by atoms with Crippen LogP contribution in [0, 0.1) is 0 Å². The molecule has 1 aromatic rings. The normalized spacial score (nSPS) is 10.8. The molecule has 0 aromatic carbocycles. The minimum atomic E-state index is -0.201. The Bertz CT molecular complexity index is 407. The van der Waals surface area contributed by atoms with Gasteiger partial charge in [-0.15, -0.1) is 0 Å². The van der Waals surface area contributed by atoms with Gasteiger partial charge in [-0.2, -0.15) is 0 Å². The zero-order chi connectivity index (χ0) is 12.7. The Balaban J connectivity index is 2.56. The first-order valence-corrected chi connectivity index (χ1v) is 5.59. The maximum absolute atomic E-state index is 11.6. The van der Waals surface area contributed by atoms with Crippen molar-refractivity contribution < 1.29 is 9.47 Å². The summed E-state index contributed by atoms with van der Waals surface area (Å²) in [7, 11) is 3.22. The van der Waals surface area contributed by atoms with Crippen molar-refractivity contribution in [2.75, 3.05) is 14.2 Å². The summed E-state index contributed by atoms with van der Waals surface area (Å²) < 4.78 is 11.9. The predicted molar refractivity (Wildman–Crippen MR) is 67.8 cm³/mol. The van der Waals surface area contributed by atoms with Crippen LogP contribution in [0.4, 0.5) is 0 Å². The Morgan fingerprint density at radius 1 is 1.41 bits per heavy atom. The molecule has 0 atom stereocenters. The SMILES string of the molecule is C=Cc1ccc(=O)n(CCCC(OC)OC)c1. The van der Waals surface area contributed by atoms with Gasteiger partial charge in [0.1, 0.15) is 0 Å². The summed E-state index contributed by atoms with van der Waals surface area (Å²) >= 11 is 0. The fourth-order valence-corrected chi connectivity index (χ4v) is 1.61. The predicted octanol–water partition coefficient (Wildman–Crippen LogP) is 1.89. The minimum Gasteiger partial charge on any atom is -0.356 e. The third kappa shape index (κ3) is 4.17. The van der Waals surface area contributed by atoms with Gasteiger partial charge in [0.2, 0.25) is 0 Å². The highest BCUT2D eigenvalue weighted by atomic mass is 16.7. The smallest absolute Gasteiger partial charge is 0.250 e. The van der Waals surface area contributed by atoms with Crippen molar-refractivity contribution in [2.45, 2.75) is 25.7 Å². The molecular formula is C13H19NO3. The first-order chi connectivity index (χ1) is 8.21. The first kappa shape index (κ1) is 13.7. The summed E-state index contributed by atoms with van der Waals surface area (Å²) in [6, 6.07) is 3.32. The monoisotopic (exact) mass is 237 g/mol. The number of methoxy groups -OCH3 is 2. The maximum atomic E-state index is 11.6. The standard InChI is InChI=1S/C13H19NO3/c1-4-11-7-8-12(15)14(10-11)9-5-6-13(16-2)17-3/h4,7-8,10,13H,1,5-6,9H2,2-3H3. The summed E-state index contributed by atoms with van der Waals surface area (Å²) in [5, 5.41) is 0. The molecule has 94 valence electrons. The second-order valence-corrected chi connectivity index (χ2v) is 3.74. The van der Waals surface area contributed by atoms with Crippen LogP contribution in [0.3, 0.4) is 0 Å². The first-order valence-electron chi connectivity index (χ1n) is 5.59. The van der Waals surface area contributed by atoms with Gasteiger partial charge in [0, 0.05) is 39.4 Å². The fraction of sp³-hybridized carbons (Fsp3) is 0.462. The summed E-state index contributed by atoms with van der Waals surface area (Å²) in [5.74, 6) is 0. The van der Waals surface area contributed by atoms with Crippen LogP contribution in [0.15, 0.2) is 29.7 Å². The van der Waals surface area contributed by atoms with Gasteiger partial charge in [-0.1, -0.05) is 12.7 Å². The minimum absolute atomic E-state index is 0.00184. The Hall–Kier alpha value is -1.39. The van der Waals surface area contributed by atoms with E-state index in [9.17, 15) is 4.79 Å². The van der Waals surface area contributed by atoms with E-state index in [2.05, 4.69) is 6.58 Å². The largest absolute Gasteiger partial charge is 0.356 e. The second-order valence-electron chi connectivity index (χ2n) is 3.74. The highest BCUT2D eigenvalue weighted by Crippen LogP contribution is 2.04. The summed E-state index contributed by atoms with van der Waals surface area (Å²) in [4.78, 5) is 11.6. The average molecular weight is 237 g/mol. The number of hydrogen-bond donors (Lipinski definition) is 0. The van der Waals surface area contributed by atoms with Crippen molar-refractivity contribution in [3.8, 4) is 0 Å². The molecule has 0 N–H and O–H groups in total. The molecule has 4 nitrogen and oxygen atoms in total. The summed E-state index contributed by atoms with van der Waals surface area (Å²) in [5.41, 5.74) is 0.946. The van der Waals surface area contributed by atoms with E-state index >= 15 is 0 Å². The molecule has 0 aliphatic carbocycles. The van der Waals surface area contributed by atoms with Gasteiger partial charge < -0.3 is 14.0 Å². The van der Waals surface area contributed by atoms with E-state index in [4.69, 9.17) is 9.47 Å². The molecule has 0 saturated heterocycles. The lowest BCUT2D eigenvalue weighted by Crippen LogP contribution is -2.20. The molecular weight excluding hydrogens is 218 g/mol. The molecule has 0 aliphatic heterocycles. The van der Waals surface area contributed by atoms with E-state index in [0.29, 0.717) is 6.54 Å². The van der Waals surface area contributed by atoms with Crippen LogP contribution >= 0.6 is 0 Å². The van der Waals surface area contributed by atoms with Gasteiger partial charge in [-0.3, -0.25) is 4.79 Å². The van der Waals surface area contributed by atoms with E-state index in [-0.39, 0.29) is 11.8 Å². The Morgan fingerprint density at radius 3 is 2.71 bits per heavy atom. The van der Waals surface area contributed by atoms with E-state index in [1.807, 2.05) is 6.20 Å². The van der Waals surface area contributed by atoms with Gasteiger partial charge in [-0.05, 0) is 18.1 Å². The van der Waals surface area contributed by atoms with Crippen LogP contribution in [0.1, 0.15) is 18.4 Å². The van der Waals surface area contributed by atoms with Gasteiger partial charge in [0.25, 0.3) is 5.56 Å². The van der Waals surface area contributed by atoms with Crippen molar-refractivity contribution in [2.24, 2.45) is 0 Å². The van der Waals surface area contributed by atoms with Crippen LogP contribution in [0.5, 0.6) is 0 Å². The Kier molecular flexibility index (Phi) is 5.66. The fourth-order valence-electron chi connectivity index (χ4n) is 1.61. The van der Waals surface area contributed by atoms with Crippen LogP contribution in [-0.4, -0.2) is 25.1 Å². The number of hydrogen-bond acceptors (Lipinski definition) is 3. The number of aryl methyl sites for hydroxylation is 1. The summed E-state index contributed by atoms with van der Waals surface area (Å²) in [6.45, 7) is 4.34. The highest BCUT2D eigenvalue weighted by Gasteiger charge is 2.04. The van der Waals surface area contributed by atoms with Crippen molar-refractivity contribution in [3.63, 3.8) is 0 Å². The quantitative estimate of drug-likeness (QED) is 0.680. The van der Waals surface area contributed by atoms with Gasteiger partial charge in [0.15, 0.2) is 6.29 Å². The van der Waals surface area contributed by atoms with E-state index in [1.54, 1.807) is 37.0 Å². The zero-order valence-corrected chi connectivity index (χ0v) is 10.4. The van der Waals surface area contributed by atoms with Gasteiger partial charge >= 0.3 is 0 Å². The topological polar surface area (TPSA) is 40.5 Å². The van der Waals surface area contributed by atoms with Crippen LogP contribution < -0.4 is 5.56 Å². The molecule has 0 saturated carbocycles. The van der Waals surface area contributed by atoms with E-state index in [0.717, 1.165) is 18.4 Å². The maximum Gasteiger partial charge on any atom is 0.250 e. The van der Waals surface area contributed by atoms with Crippen molar-refractivity contribution in [1.82, 2.24) is 4.57 Å². The van der Waals surface area contributed by atoms with Crippen molar-refractivity contribution >= 4 is 6.08 Å². The molecule has 4 heteroatoms. The summed E-state index contributed by atoms with van der Waals surface area (Å²) in [6.07, 6.45) is 4.92. The number of rotatable bonds is 7. The molecule has 0 spiro atoms. The molecule has 0 amide bonds. The van der Waals surface area contributed by atoms with Crippen LogP contribution in [0.25, 0.3) is 6.08 Å². The Labute approximate surface area is 101 Å². The molecule has 1 heterocycles. The Morgan fingerprint density at radius 2 is 2.12 bits per heavy atom. The molecule has 1 aromatic heterocycles. The average Bonchev–Trinajstić information content (AvgIpc) is 2.36. The van der Waals surface area contributed by atoms with Gasteiger partial charge in [-0.25, -0.2) is 0 Å². The van der Waals surface area contributed by atoms with Crippen molar-refractivity contribution in [3.05, 3.63) is 40.8 Å². The second kappa shape index (κ2) is 7.04. The molecule has 0 unspecified atom stereocenters. The molecule has 0 aliphatic rings. The van der Waals surface area contributed by atoms with Crippen LogP contribution in [0.2, 0.25) is 0 Å². The molecule has 1 rings (SSSR count). The number of ether oxygens (including phenoxy) is 2. The third-order valence-corrected chi connectivity index (χ3v) is 2.61. The number of aromatic nitrogens is 1. The highest BCUT2D eigenvalue weighted by molar-refractivity contribution is 5.44. The number of pyridine rings is 1. The van der Waals surface area contributed by atoms with Crippen molar-refractivity contribution in [1.29, 1.82) is 0 Å². The molecule has 17 heavy (non-hydrogen) atoms. The lowest BCUT2D eigenvalue weighted by molar-refractivity contribution is -0.107. The lowest BCUT2D eigenvalue weighted by Gasteiger charge is -2.13. The lowest BCUT2D eigenvalue weighted by atomic mass is 10.2. The van der Waals surface area contributed by atoms with Gasteiger partial charge in [0.05, 0.1) is 0 Å². The van der Waals surface area contributed by atoms with E-state index < -0.39 is 0 Å². The molecule has 0 fully saturated rings. The molecule has 0 bridgehead atoms.